The van der Waals surface area contributed by atoms with E-state index in [9.17, 15) is 9.59 Å². The van der Waals surface area contributed by atoms with Crippen LogP contribution in [0.2, 0.25) is 5.02 Å². The Morgan fingerprint density at radius 1 is 1.20 bits per heavy atom. The first kappa shape index (κ1) is 9.93. The zero-order chi connectivity index (χ0) is 11.0. The van der Waals surface area contributed by atoms with Crippen molar-refractivity contribution >= 4 is 23.2 Å². The van der Waals surface area contributed by atoms with E-state index in [-0.39, 0.29) is 17.3 Å². The van der Waals surface area contributed by atoms with Crippen LogP contribution in [0.3, 0.4) is 0 Å². The van der Waals surface area contributed by atoms with Crippen LogP contribution in [-0.4, -0.2) is 18.7 Å². The van der Waals surface area contributed by atoms with Crippen LogP contribution in [0.25, 0.3) is 0 Å². The fourth-order valence-electron chi connectivity index (χ4n) is 1.47. The van der Waals surface area contributed by atoms with Crippen molar-refractivity contribution in [1.29, 1.82) is 0 Å². The molecule has 0 radical (unpaired) electrons. The first-order chi connectivity index (χ1) is 7.13. The fourth-order valence-corrected chi connectivity index (χ4v) is 1.64. The van der Waals surface area contributed by atoms with Gasteiger partial charge in [-0.05, 0) is 18.2 Å². The molecule has 0 heterocycles. The standard InChI is InChI=1S/C11H7ClO3/c1-15-10-5-9(13)8-4-6(12)2-3-7(8)11(10)14/h2-5H,1H3. The van der Waals surface area contributed by atoms with Crippen LogP contribution in [0.4, 0.5) is 0 Å². The summed E-state index contributed by atoms with van der Waals surface area (Å²) in [6.07, 6.45) is 1.18. The second kappa shape index (κ2) is 3.51. The first-order valence-electron chi connectivity index (χ1n) is 4.27. The Balaban J connectivity index is 2.62. The van der Waals surface area contributed by atoms with E-state index in [1.54, 1.807) is 6.07 Å². The number of halogens is 1. The second-order valence-corrected chi connectivity index (χ2v) is 3.53. The highest BCUT2D eigenvalue weighted by Crippen LogP contribution is 2.24. The quantitative estimate of drug-likeness (QED) is 0.732. The van der Waals surface area contributed by atoms with Gasteiger partial charge in [0.15, 0.2) is 11.5 Å². The molecule has 76 valence electrons. The van der Waals surface area contributed by atoms with Crippen molar-refractivity contribution in [2.24, 2.45) is 0 Å². The van der Waals surface area contributed by atoms with Crippen molar-refractivity contribution < 1.29 is 14.3 Å². The van der Waals surface area contributed by atoms with Crippen LogP contribution >= 0.6 is 11.6 Å². The van der Waals surface area contributed by atoms with Gasteiger partial charge < -0.3 is 4.74 Å². The van der Waals surface area contributed by atoms with Gasteiger partial charge in [0.25, 0.3) is 0 Å². The highest BCUT2D eigenvalue weighted by atomic mass is 35.5. The molecule has 3 nitrogen and oxygen atoms in total. The number of carbonyl (C=O) groups is 2. The van der Waals surface area contributed by atoms with Gasteiger partial charge in [-0.1, -0.05) is 11.6 Å². The molecule has 0 aliphatic heterocycles. The molecule has 1 aliphatic rings. The van der Waals surface area contributed by atoms with Gasteiger partial charge in [0.1, 0.15) is 0 Å². The maximum Gasteiger partial charge on any atom is 0.228 e. The Labute approximate surface area is 91.3 Å². The van der Waals surface area contributed by atoms with E-state index >= 15 is 0 Å². The topological polar surface area (TPSA) is 43.4 Å². The van der Waals surface area contributed by atoms with Crippen LogP contribution in [-0.2, 0) is 4.74 Å². The molecule has 0 N–H and O–H groups in total. The van der Waals surface area contributed by atoms with Gasteiger partial charge in [0.2, 0.25) is 5.78 Å². The molecular formula is C11H7ClO3. The third kappa shape index (κ3) is 1.55. The summed E-state index contributed by atoms with van der Waals surface area (Å²) >= 11 is 5.74. The van der Waals surface area contributed by atoms with Crippen molar-refractivity contribution in [1.82, 2.24) is 0 Å². The van der Waals surface area contributed by atoms with Gasteiger partial charge in [-0.3, -0.25) is 9.59 Å². The highest BCUT2D eigenvalue weighted by molar-refractivity contribution is 6.32. The number of hydrogen-bond acceptors (Lipinski definition) is 3. The minimum Gasteiger partial charge on any atom is -0.492 e. The van der Waals surface area contributed by atoms with E-state index in [1.807, 2.05) is 0 Å². The van der Waals surface area contributed by atoms with Crippen molar-refractivity contribution in [3.8, 4) is 0 Å². The largest absolute Gasteiger partial charge is 0.492 e. The molecule has 0 bridgehead atoms. The van der Waals surface area contributed by atoms with E-state index in [4.69, 9.17) is 16.3 Å². The number of hydrogen-bond donors (Lipinski definition) is 0. The Hall–Kier alpha value is -1.61. The number of carbonyl (C=O) groups excluding carboxylic acids is 2. The van der Waals surface area contributed by atoms with Gasteiger partial charge >= 0.3 is 0 Å². The molecule has 4 heteroatoms. The predicted octanol–water partition coefficient (Wildman–Crippen LogP) is 2.25. The molecule has 0 atom stereocenters. The summed E-state index contributed by atoms with van der Waals surface area (Å²) in [5.74, 6) is -0.484. The fraction of sp³-hybridized carbons (Fsp3) is 0.0909. The SMILES string of the molecule is COC1=CC(=O)c2cc(Cl)ccc2C1=O. The summed E-state index contributed by atoms with van der Waals surface area (Å²) in [6.45, 7) is 0. The number of ether oxygens (including phenoxy) is 1. The number of ketones is 2. The van der Waals surface area contributed by atoms with E-state index in [0.717, 1.165) is 0 Å². The number of methoxy groups -OCH3 is 1. The average molecular weight is 223 g/mol. The summed E-state index contributed by atoms with van der Waals surface area (Å²) in [6, 6.07) is 4.59. The molecule has 0 spiro atoms. The highest BCUT2D eigenvalue weighted by Gasteiger charge is 2.26. The maximum atomic E-state index is 11.7. The summed E-state index contributed by atoms with van der Waals surface area (Å²) < 4.78 is 4.82. The molecule has 0 saturated heterocycles. The van der Waals surface area contributed by atoms with E-state index in [0.29, 0.717) is 16.1 Å². The van der Waals surface area contributed by atoms with Crippen LogP contribution < -0.4 is 0 Å². The van der Waals surface area contributed by atoms with Crippen molar-refractivity contribution in [3.63, 3.8) is 0 Å². The van der Waals surface area contributed by atoms with Crippen LogP contribution in [0.5, 0.6) is 0 Å². The lowest BCUT2D eigenvalue weighted by Crippen LogP contribution is -2.17. The zero-order valence-electron chi connectivity index (χ0n) is 7.91. The molecule has 0 saturated carbocycles. The smallest absolute Gasteiger partial charge is 0.228 e. The summed E-state index contributed by atoms with van der Waals surface area (Å²) in [5.41, 5.74) is 0.664. The lowest BCUT2D eigenvalue weighted by Gasteiger charge is -2.13. The van der Waals surface area contributed by atoms with Crippen LogP contribution in [0.15, 0.2) is 30.0 Å². The number of benzene rings is 1. The van der Waals surface area contributed by atoms with Crippen molar-refractivity contribution in [2.75, 3.05) is 7.11 Å². The zero-order valence-corrected chi connectivity index (χ0v) is 8.67. The molecule has 0 unspecified atom stereocenters. The predicted molar refractivity (Wildman–Crippen MR) is 55.2 cm³/mol. The lowest BCUT2D eigenvalue weighted by molar-refractivity contribution is 0.0917. The molecular weight excluding hydrogens is 216 g/mol. The summed E-state index contributed by atoms with van der Waals surface area (Å²) in [7, 11) is 1.36. The van der Waals surface area contributed by atoms with Crippen molar-refractivity contribution in [2.45, 2.75) is 0 Å². The number of fused-ring (bicyclic) bond motifs is 1. The number of allylic oxidation sites excluding steroid dienone is 2. The van der Waals surface area contributed by atoms with Crippen LogP contribution in [0, 0.1) is 0 Å². The van der Waals surface area contributed by atoms with Crippen LogP contribution in [0.1, 0.15) is 20.7 Å². The first-order valence-corrected chi connectivity index (χ1v) is 4.65. The Morgan fingerprint density at radius 3 is 2.60 bits per heavy atom. The molecule has 0 amide bonds. The Bertz CT molecular complexity index is 489. The number of rotatable bonds is 1. The lowest BCUT2D eigenvalue weighted by atomic mass is 9.94. The molecule has 0 aromatic heterocycles. The molecule has 15 heavy (non-hydrogen) atoms. The second-order valence-electron chi connectivity index (χ2n) is 3.10. The normalized spacial score (nSPS) is 14.7. The van der Waals surface area contributed by atoms with Gasteiger partial charge in [-0.2, -0.15) is 0 Å². The third-order valence-corrected chi connectivity index (χ3v) is 2.43. The average Bonchev–Trinajstić information content (AvgIpc) is 2.23. The molecule has 1 aliphatic carbocycles. The Morgan fingerprint density at radius 2 is 1.93 bits per heavy atom. The van der Waals surface area contributed by atoms with Gasteiger partial charge in [0.05, 0.1) is 7.11 Å². The van der Waals surface area contributed by atoms with Gasteiger partial charge in [-0.15, -0.1) is 0 Å². The van der Waals surface area contributed by atoms with E-state index in [1.165, 1.54) is 25.3 Å². The summed E-state index contributed by atoms with van der Waals surface area (Å²) in [5, 5.41) is 0.434. The van der Waals surface area contributed by atoms with E-state index < -0.39 is 0 Å². The van der Waals surface area contributed by atoms with Crippen molar-refractivity contribution in [3.05, 3.63) is 46.2 Å². The molecule has 1 aromatic rings. The summed E-state index contributed by atoms with van der Waals surface area (Å²) in [4.78, 5) is 23.3. The monoisotopic (exact) mass is 222 g/mol. The third-order valence-electron chi connectivity index (χ3n) is 2.20. The molecule has 0 fully saturated rings. The maximum absolute atomic E-state index is 11.7. The van der Waals surface area contributed by atoms with E-state index in [2.05, 4.69) is 0 Å². The number of Topliss-reactive ketones (excluding diaryl/α,β-unsaturated/α-hetero) is 1. The molecule has 1 aromatic carbocycles. The van der Waals surface area contributed by atoms with Gasteiger partial charge in [0, 0.05) is 22.2 Å². The van der Waals surface area contributed by atoms with Gasteiger partial charge in [-0.25, -0.2) is 0 Å². The molecule has 2 rings (SSSR count). The minimum atomic E-state index is -0.288. The minimum absolute atomic E-state index is 0.0647. The Kier molecular flexibility index (Phi) is 2.32.